The second-order valence-electron chi connectivity index (χ2n) is 10.2. The molecule has 0 aromatic heterocycles. The molecular formula is C28H37Cl3N4O2. The number of carbonyl (C=O) groups excluding carboxylic acids is 2. The zero-order valence-corrected chi connectivity index (χ0v) is 23.8. The van der Waals surface area contributed by atoms with Crippen molar-refractivity contribution < 1.29 is 9.59 Å². The van der Waals surface area contributed by atoms with E-state index in [1.54, 1.807) is 6.92 Å². The maximum absolute atomic E-state index is 12.9. The molecule has 0 saturated carbocycles. The Balaban J connectivity index is 0.00000380. The molecule has 0 bridgehead atoms. The Labute approximate surface area is 236 Å². The number of amides is 2. The molecule has 202 valence electrons. The lowest BCUT2D eigenvalue weighted by Gasteiger charge is -2.42. The minimum atomic E-state index is -0.0344. The first-order chi connectivity index (χ1) is 17.3. The van der Waals surface area contributed by atoms with Gasteiger partial charge in [0.1, 0.15) is 0 Å². The lowest BCUT2D eigenvalue weighted by atomic mass is 9.73. The van der Waals surface area contributed by atoms with Gasteiger partial charge in [0.2, 0.25) is 11.8 Å². The van der Waals surface area contributed by atoms with Gasteiger partial charge >= 0.3 is 0 Å². The number of hydrogen-bond donors (Lipinski definition) is 1. The zero-order chi connectivity index (χ0) is 25.5. The minimum Gasteiger partial charge on any atom is -0.354 e. The van der Waals surface area contributed by atoms with Crippen molar-refractivity contribution in [3.63, 3.8) is 0 Å². The number of carbonyl (C=O) groups is 2. The fraction of sp³-hybridized carbons (Fsp3) is 0.500. The fourth-order valence-corrected chi connectivity index (χ4v) is 5.61. The summed E-state index contributed by atoms with van der Waals surface area (Å²) in [6, 6.07) is 16.4. The Morgan fingerprint density at radius 2 is 1.54 bits per heavy atom. The van der Waals surface area contributed by atoms with E-state index in [1.165, 1.54) is 5.56 Å². The largest absolute Gasteiger partial charge is 0.354 e. The second kappa shape index (κ2) is 13.8. The molecule has 2 aromatic rings. The number of piperidine rings is 1. The van der Waals surface area contributed by atoms with Crippen LogP contribution in [0.5, 0.6) is 0 Å². The van der Waals surface area contributed by atoms with Gasteiger partial charge in [-0.25, -0.2) is 0 Å². The van der Waals surface area contributed by atoms with Gasteiger partial charge in [-0.15, -0.1) is 12.4 Å². The third-order valence-corrected chi connectivity index (χ3v) is 8.31. The van der Waals surface area contributed by atoms with Crippen LogP contribution in [0.15, 0.2) is 48.5 Å². The van der Waals surface area contributed by atoms with Gasteiger partial charge < -0.3 is 10.2 Å². The van der Waals surface area contributed by atoms with E-state index in [2.05, 4.69) is 39.4 Å². The molecule has 2 aromatic carbocycles. The molecule has 2 heterocycles. The van der Waals surface area contributed by atoms with Crippen LogP contribution in [-0.2, 0) is 22.6 Å². The second-order valence-corrected chi connectivity index (χ2v) is 11.1. The molecule has 0 aliphatic carbocycles. The van der Waals surface area contributed by atoms with Crippen LogP contribution < -0.4 is 5.32 Å². The predicted octanol–water partition coefficient (Wildman–Crippen LogP) is 4.52. The topological polar surface area (TPSA) is 55.9 Å². The molecule has 37 heavy (non-hydrogen) atoms. The van der Waals surface area contributed by atoms with Crippen molar-refractivity contribution in [2.45, 2.75) is 32.7 Å². The van der Waals surface area contributed by atoms with Crippen molar-refractivity contribution >= 4 is 47.4 Å². The van der Waals surface area contributed by atoms with E-state index in [0.717, 1.165) is 57.5 Å². The van der Waals surface area contributed by atoms with Gasteiger partial charge in [0, 0.05) is 46.2 Å². The van der Waals surface area contributed by atoms with Gasteiger partial charge in [0.15, 0.2) is 0 Å². The van der Waals surface area contributed by atoms with Crippen molar-refractivity contribution in [2.75, 3.05) is 52.4 Å². The predicted molar refractivity (Wildman–Crippen MR) is 153 cm³/mol. The van der Waals surface area contributed by atoms with Crippen molar-refractivity contribution in [3.8, 4) is 0 Å². The third-order valence-electron chi connectivity index (χ3n) is 7.57. The van der Waals surface area contributed by atoms with Crippen molar-refractivity contribution in [1.82, 2.24) is 20.0 Å². The highest BCUT2D eigenvalue weighted by Gasteiger charge is 2.35. The zero-order valence-electron chi connectivity index (χ0n) is 21.4. The molecule has 2 fully saturated rings. The molecule has 2 amide bonds. The summed E-state index contributed by atoms with van der Waals surface area (Å²) in [7, 11) is 0. The number of hydrogen-bond acceptors (Lipinski definition) is 4. The van der Waals surface area contributed by atoms with Crippen molar-refractivity contribution in [3.05, 3.63) is 69.7 Å². The molecule has 2 aliphatic heterocycles. The lowest BCUT2D eigenvalue weighted by molar-refractivity contribution is -0.131. The van der Waals surface area contributed by atoms with Gasteiger partial charge in [-0.05, 0) is 61.0 Å². The van der Waals surface area contributed by atoms with Gasteiger partial charge in [0.25, 0.3) is 0 Å². The van der Waals surface area contributed by atoms with E-state index >= 15 is 0 Å². The molecule has 2 aliphatic rings. The van der Waals surface area contributed by atoms with E-state index in [9.17, 15) is 9.59 Å². The Kier molecular flexibility index (Phi) is 11.1. The maximum atomic E-state index is 12.9. The molecule has 2 saturated heterocycles. The van der Waals surface area contributed by atoms with Crippen LogP contribution >= 0.6 is 35.6 Å². The first-order valence-electron chi connectivity index (χ1n) is 12.8. The molecule has 0 radical (unpaired) electrons. The van der Waals surface area contributed by atoms with Gasteiger partial charge in [-0.3, -0.25) is 19.4 Å². The number of benzene rings is 2. The first kappa shape index (κ1) is 29.7. The summed E-state index contributed by atoms with van der Waals surface area (Å²) in [6.45, 7) is 8.35. The highest BCUT2D eigenvalue weighted by Crippen LogP contribution is 2.36. The highest BCUT2D eigenvalue weighted by atomic mass is 35.5. The molecule has 9 heteroatoms. The minimum absolute atomic E-state index is 0. The van der Waals surface area contributed by atoms with E-state index in [1.807, 2.05) is 29.2 Å². The standard InChI is InChI=1S/C28H36Cl2N4O2.ClH/c1-22(35)34-15-13-33(14-16-34)20-27(36)31-21-28(18-24-7-8-25(29)26(30)17-24)9-11-32(12-10-28)19-23-5-3-2-4-6-23;/h2-8,17H,9-16,18-21H2,1H3,(H,31,36);1H. The fourth-order valence-electron chi connectivity index (χ4n) is 5.29. The first-order valence-corrected chi connectivity index (χ1v) is 13.5. The third kappa shape index (κ3) is 8.59. The molecule has 0 atom stereocenters. The van der Waals surface area contributed by atoms with Gasteiger partial charge in [-0.2, -0.15) is 0 Å². The SMILES string of the molecule is CC(=O)N1CCN(CC(=O)NCC2(Cc3ccc(Cl)c(Cl)c3)CCN(Cc3ccccc3)CC2)CC1.Cl. The summed E-state index contributed by atoms with van der Waals surface area (Å²) in [5.74, 6) is 0.147. The molecule has 0 unspecified atom stereocenters. The number of halogens is 3. The Morgan fingerprint density at radius 1 is 0.865 bits per heavy atom. The highest BCUT2D eigenvalue weighted by molar-refractivity contribution is 6.42. The summed E-state index contributed by atoms with van der Waals surface area (Å²) in [4.78, 5) is 30.9. The normalized spacial score (nSPS) is 18.2. The van der Waals surface area contributed by atoms with Crippen molar-refractivity contribution in [1.29, 1.82) is 0 Å². The average Bonchev–Trinajstić information content (AvgIpc) is 2.87. The molecule has 0 spiro atoms. The van der Waals surface area contributed by atoms with Crippen LogP contribution in [0.1, 0.15) is 30.9 Å². The van der Waals surface area contributed by atoms with Crippen LogP contribution in [0, 0.1) is 5.41 Å². The Bertz CT molecular complexity index is 1040. The summed E-state index contributed by atoms with van der Waals surface area (Å²) in [5, 5.41) is 4.38. The van der Waals surface area contributed by atoms with E-state index in [0.29, 0.717) is 36.2 Å². The van der Waals surface area contributed by atoms with Gasteiger partial charge in [-0.1, -0.05) is 59.6 Å². The maximum Gasteiger partial charge on any atom is 0.234 e. The number of rotatable bonds is 8. The number of nitrogens with one attached hydrogen (secondary N) is 1. The summed E-state index contributed by atoms with van der Waals surface area (Å²) in [6.07, 6.45) is 2.84. The molecule has 1 N–H and O–H groups in total. The van der Waals surface area contributed by atoms with Gasteiger partial charge in [0.05, 0.1) is 16.6 Å². The summed E-state index contributed by atoms with van der Waals surface area (Å²) >= 11 is 12.5. The smallest absolute Gasteiger partial charge is 0.234 e. The number of piperazine rings is 1. The molecule has 6 nitrogen and oxygen atoms in total. The molecule has 4 rings (SSSR count). The van der Waals surface area contributed by atoms with Crippen LogP contribution in [-0.4, -0.2) is 78.9 Å². The Morgan fingerprint density at radius 3 is 2.16 bits per heavy atom. The summed E-state index contributed by atoms with van der Waals surface area (Å²) in [5.41, 5.74) is 2.44. The molecular weight excluding hydrogens is 531 g/mol. The lowest BCUT2D eigenvalue weighted by Crippen LogP contribution is -2.52. The van der Waals surface area contributed by atoms with E-state index in [-0.39, 0.29) is 29.6 Å². The number of likely N-dealkylation sites (tertiary alicyclic amines) is 1. The van der Waals surface area contributed by atoms with E-state index < -0.39 is 0 Å². The summed E-state index contributed by atoms with van der Waals surface area (Å²) < 4.78 is 0. The number of nitrogens with zero attached hydrogens (tertiary/aromatic N) is 3. The van der Waals surface area contributed by atoms with Crippen LogP contribution in [0.3, 0.4) is 0 Å². The van der Waals surface area contributed by atoms with Crippen LogP contribution in [0.2, 0.25) is 10.0 Å². The Hall–Kier alpha value is -1.83. The average molecular weight is 568 g/mol. The van der Waals surface area contributed by atoms with Crippen LogP contribution in [0.4, 0.5) is 0 Å². The van der Waals surface area contributed by atoms with E-state index in [4.69, 9.17) is 23.2 Å². The quantitative estimate of drug-likeness (QED) is 0.510. The van der Waals surface area contributed by atoms with Crippen molar-refractivity contribution in [2.24, 2.45) is 5.41 Å². The van der Waals surface area contributed by atoms with Crippen LogP contribution in [0.25, 0.3) is 0 Å². The monoisotopic (exact) mass is 566 g/mol.